The van der Waals surface area contributed by atoms with Crippen LogP contribution in [0.4, 0.5) is 4.79 Å². The third kappa shape index (κ3) is 5.42. The minimum Gasteiger partial charge on any atom is -0.445 e. The zero-order valence-electron chi connectivity index (χ0n) is 10.9. The van der Waals surface area contributed by atoms with Gasteiger partial charge in [0, 0.05) is 0 Å². The van der Waals surface area contributed by atoms with Crippen molar-refractivity contribution in [1.82, 2.24) is 5.32 Å². The molecule has 1 aromatic rings. The molecular weight excluding hydrogens is 269 g/mol. The standard InChI is InChI=1S/C12H18NO5P/c1-3-18-19(15,16)10(2)13-12(14)17-9-11-7-5-4-6-8-11/h4-8,10H,3,9H2,1-2H3,(H,13,14)(H,15,16)/t10-/m0/s1. The van der Waals surface area contributed by atoms with Gasteiger partial charge in [0.05, 0.1) is 6.61 Å². The topological polar surface area (TPSA) is 84.9 Å². The molecule has 0 aliphatic carbocycles. The highest BCUT2D eigenvalue weighted by atomic mass is 31.2. The van der Waals surface area contributed by atoms with Gasteiger partial charge >= 0.3 is 13.7 Å². The normalized spacial score (nSPS) is 15.3. The van der Waals surface area contributed by atoms with Crippen LogP contribution < -0.4 is 5.32 Å². The summed E-state index contributed by atoms with van der Waals surface area (Å²) in [5.41, 5.74) is 0.835. The van der Waals surface area contributed by atoms with Crippen molar-refractivity contribution in [3.8, 4) is 0 Å². The number of benzene rings is 1. The molecular formula is C12H18NO5P. The van der Waals surface area contributed by atoms with Gasteiger partial charge in [-0.05, 0) is 19.4 Å². The Morgan fingerprint density at radius 2 is 2.05 bits per heavy atom. The van der Waals surface area contributed by atoms with E-state index in [0.29, 0.717) is 0 Å². The Morgan fingerprint density at radius 1 is 1.42 bits per heavy atom. The lowest BCUT2D eigenvalue weighted by atomic mass is 10.2. The number of rotatable bonds is 6. The third-order valence-electron chi connectivity index (χ3n) is 2.34. The van der Waals surface area contributed by atoms with Gasteiger partial charge < -0.3 is 19.5 Å². The Hall–Kier alpha value is -1.36. The number of carbonyl (C=O) groups is 1. The molecule has 0 radical (unpaired) electrons. The molecule has 1 rings (SSSR count). The molecule has 0 heterocycles. The molecule has 0 aliphatic rings. The van der Waals surface area contributed by atoms with Crippen LogP contribution in [0.1, 0.15) is 19.4 Å². The predicted molar refractivity (Wildman–Crippen MR) is 70.7 cm³/mol. The van der Waals surface area contributed by atoms with Gasteiger partial charge in [-0.25, -0.2) is 4.79 Å². The van der Waals surface area contributed by atoms with Gasteiger partial charge in [0.2, 0.25) is 0 Å². The number of hydrogen-bond donors (Lipinski definition) is 2. The third-order valence-corrected chi connectivity index (χ3v) is 4.08. The molecule has 0 spiro atoms. The largest absolute Gasteiger partial charge is 0.445 e. The average Bonchev–Trinajstić information content (AvgIpc) is 2.37. The van der Waals surface area contributed by atoms with Crippen molar-refractivity contribution in [2.24, 2.45) is 0 Å². The Morgan fingerprint density at radius 3 is 2.63 bits per heavy atom. The van der Waals surface area contributed by atoms with Crippen molar-refractivity contribution in [3.63, 3.8) is 0 Å². The summed E-state index contributed by atoms with van der Waals surface area (Å²) in [5, 5.41) is 2.28. The summed E-state index contributed by atoms with van der Waals surface area (Å²) in [4.78, 5) is 20.9. The minimum atomic E-state index is -3.85. The Balaban J connectivity index is 2.41. The van der Waals surface area contributed by atoms with Gasteiger partial charge in [0.15, 0.2) is 0 Å². The van der Waals surface area contributed by atoms with Crippen molar-refractivity contribution in [2.45, 2.75) is 26.2 Å². The van der Waals surface area contributed by atoms with Crippen LogP contribution in [0.25, 0.3) is 0 Å². The first kappa shape index (κ1) is 15.7. The summed E-state index contributed by atoms with van der Waals surface area (Å²) >= 11 is 0. The van der Waals surface area contributed by atoms with E-state index < -0.39 is 19.5 Å². The van der Waals surface area contributed by atoms with E-state index in [2.05, 4.69) is 5.32 Å². The smallest absolute Gasteiger partial charge is 0.408 e. The van der Waals surface area contributed by atoms with E-state index in [9.17, 15) is 14.3 Å². The van der Waals surface area contributed by atoms with Gasteiger partial charge in [-0.2, -0.15) is 0 Å². The van der Waals surface area contributed by atoms with Crippen molar-refractivity contribution in [3.05, 3.63) is 35.9 Å². The first-order valence-electron chi connectivity index (χ1n) is 5.90. The highest BCUT2D eigenvalue weighted by molar-refractivity contribution is 7.53. The lowest BCUT2D eigenvalue weighted by Gasteiger charge is -2.19. The number of nitrogens with one attached hydrogen (secondary N) is 1. The second-order valence-electron chi connectivity index (χ2n) is 3.86. The Labute approximate surface area is 112 Å². The van der Waals surface area contributed by atoms with Gasteiger partial charge in [-0.1, -0.05) is 30.3 Å². The van der Waals surface area contributed by atoms with Crippen molar-refractivity contribution in [1.29, 1.82) is 0 Å². The molecule has 106 valence electrons. The van der Waals surface area contributed by atoms with Crippen molar-refractivity contribution >= 4 is 13.7 Å². The Kier molecular flexibility index (Phi) is 6.02. The van der Waals surface area contributed by atoms with Crippen LogP contribution >= 0.6 is 7.60 Å². The van der Waals surface area contributed by atoms with E-state index in [4.69, 9.17) is 9.26 Å². The van der Waals surface area contributed by atoms with E-state index in [1.54, 1.807) is 6.92 Å². The summed E-state index contributed by atoms with van der Waals surface area (Å²) < 4.78 is 21.2. The molecule has 7 heteroatoms. The average molecular weight is 287 g/mol. The lowest BCUT2D eigenvalue weighted by Crippen LogP contribution is -2.33. The molecule has 0 aliphatic heterocycles. The van der Waals surface area contributed by atoms with Crippen LogP contribution in [-0.4, -0.2) is 23.4 Å². The summed E-state index contributed by atoms with van der Waals surface area (Å²) in [6.07, 6.45) is -0.759. The van der Waals surface area contributed by atoms with Gasteiger partial charge in [0.25, 0.3) is 0 Å². The molecule has 1 aromatic carbocycles. The predicted octanol–water partition coefficient (Wildman–Crippen LogP) is 2.48. The van der Waals surface area contributed by atoms with E-state index in [0.717, 1.165) is 5.56 Å². The fraction of sp³-hybridized carbons (Fsp3) is 0.417. The zero-order chi connectivity index (χ0) is 14.3. The van der Waals surface area contributed by atoms with Crippen LogP contribution in [0, 0.1) is 0 Å². The summed E-state index contributed by atoms with van der Waals surface area (Å²) in [7, 11) is -3.85. The quantitative estimate of drug-likeness (QED) is 0.785. The van der Waals surface area contributed by atoms with Crippen LogP contribution in [0.5, 0.6) is 0 Å². The maximum absolute atomic E-state index is 11.6. The first-order valence-corrected chi connectivity index (χ1v) is 7.54. The maximum Gasteiger partial charge on any atom is 0.408 e. The van der Waals surface area contributed by atoms with Crippen LogP contribution in [-0.2, 0) is 20.4 Å². The SMILES string of the molecule is CCOP(=O)(O)[C@@H](C)NC(=O)OCc1ccccc1. The molecule has 1 amide bonds. The second-order valence-corrected chi connectivity index (χ2v) is 6.02. The second kappa shape index (κ2) is 7.28. The molecule has 0 saturated heterocycles. The summed E-state index contributed by atoms with van der Waals surface area (Å²) in [6, 6.07) is 9.14. The number of amides is 1. The fourth-order valence-electron chi connectivity index (χ4n) is 1.31. The van der Waals surface area contributed by atoms with E-state index in [1.165, 1.54) is 6.92 Å². The van der Waals surface area contributed by atoms with Crippen molar-refractivity contribution < 1.29 is 23.5 Å². The molecule has 0 saturated carbocycles. The highest BCUT2D eigenvalue weighted by Gasteiger charge is 2.29. The van der Waals surface area contributed by atoms with Gasteiger partial charge in [-0.15, -0.1) is 0 Å². The monoisotopic (exact) mass is 287 g/mol. The number of carbonyl (C=O) groups excluding carboxylic acids is 1. The fourth-order valence-corrected chi connectivity index (χ4v) is 2.18. The molecule has 2 N–H and O–H groups in total. The molecule has 0 bridgehead atoms. The maximum atomic E-state index is 11.6. The summed E-state index contributed by atoms with van der Waals surface area (Å²) in [5.74, 6) is -1.02. The minimum absolute atomic E-state index is 0.0961. The van der Waals surface area contributed by atoms with Crippen molar-refractivity contribution in [2.75, 3.05) is 6.61 Å². The first-order chi connectivity index (χ1) is 8.95. The molecule has 0 aromatic heterocycles. The lowest BCUT2D eigenvalue weighted by molar-refractivity contribution is 0.137. The molecule has 1 unspecified atom stereocenters. The van der Waals surface area contributed by atoms with Gasteiger partial charge in [0.1, 0.15) is 12.4 Å². The highest BCUT2D eigenvalue weighted by Crippen LogP contribution is 2.45. The molecule has 0 fully saturated rings. The molecule has 6 nitrogen and oxygen atoms in total. The number of alkyl carbamates (subject to hydrolysis) is 1. The Bertz CT molecular complexity index is 451. The number of hydrogen-bond acceptors (Lipinski definition) is 4. The van der Waals surface area contributed by atoms with Gasteiger partial charge in [-0.3, -0.25) is 4.57 Å². The van der Waals surface area contributed by atoms with Crippen LogP contribution in [0.15, 0.2) is 30.3 Å². The zero-order valence-corrected chi connectivity index (χ0v) is 11.8. The van der Waals surface area contributed by atoms with E-state index in [1.807, 2.05) is 30.3 Å². The molecule has 2 atom stereocenters. The van der Waals surface area contributed by atoms with Crippen LogP contribution in [0.3, 0.4) is 0 Å². The van der Waals surface area contributed by atoms with Crippen LogP contribution in [0.2, 0.25) is 0 Å². The van der Waals surface area contributed by atoms with E-state index >= 15 is 0 Å². The summed E-state index contributed by atoms with van der Waals surface area (Å²) in [6.45, 7) is 3.19. The van der Waals surface area contributed by atoms with E-state index in [-0.39, 0.29) is 13.2 Å². The number of ether oxygens (including phenoxy) is 1. The molecule has 19 heavy (non-hydrogen) atoms.